The monoisotopic (exact) mass is 570 g/mol. The second-order valence-corrected chi connectivity index (χ2v) is 10.8. The van der Waals surface area contributed by atoms with Crippen molar-refractivity contribution in [2.75, 3.05) is 9.80 Å². The molecule has 8 aromatic rings. The maximum atomic E-state index is 6.37. The maximum absolute atomic E-state index is 6.37. The zero-order valence-corrected chi connectivity index (χ0v) is 23.2. The minimum Gasteiger partial charge on any atom is -0.453 e. The number of ether oxygens (including phenoxy) is 2. The lowest BCUT2D eigenvalue weighted by Gasteiger charge is -2.36. The van der Waals surface area contributed by atoms with Crippen molar-refractivity contribution in [3.05, 3.63) is 134 Å². The Hall–Kier alpha value is -6.28. The molecule has 0 radical (unpaired) electrons. The molecule has 0 atom stereocenters. The smallest absolute Gasteiger partial charge is 0.181 e. The maximum Gasteiger partial charge on any atom is 0.181 e. The van der Waals surface area contributed by atoms with Gasteiger partial charge in [-0.2, -0.15) is 0 Å². The van der Waals surface area contributed by atoms with Crippen molar-refractivity contribution in [3.63, 3.8) is 0 Å². The van der Waals surface area contributed by atoms with E-state index in [2.05, 4.69) is 55.0 Å². The second kappa shape index (κ2) is 8.62. The predicted octanol–water partition coefficient (Wildman–Crippen LogP) is 9.29. The molecule has 0 spiro atoms. The van der Waals surface area contributed by atoms with Gasteiger partial charge >= 0.3 is 0 Å². The van der Waals surface area contributed by atoms with E-state index in [1.165, 1.54) is 0 Å². The number of hydrogen-bond donors (Lipinski definition) is 0. The minimum absolute atomic E-state index is 0.776. The van der Waals surface area contributed by atoms with Crippen molar-refractivity contribution < 1.29 is 9.47 Å². The van der Waals surface area contributed by atoms with Crippen molar-refractivity contribution in [1.82, 2.24) is 18.8 Å². The van der Waals surface area contributed by atoms with Crippen LogP contribution in [0.2, 0.25) is 0 Å². The van der Waals surface area contributed by atoms with Crippen LogP contribution in [0.5, 0.6) is 23.0 Å². The number of anilines is 6. The first-order valence-corrected chi connectivity index (χ1v) is 14.4. The first-order chi connectivity index (χ1) is 21.8. The van der Waals surface area contributed by atoms with E-state index in [-0.39, 0.29) is 0 Å². The van der Waals surface area contributed by atoms with Gasteiger partial charge in [-0.05, 0) is 60.7 Å². The number of aromatic nitrogens is 4. The SMILES string of the molecule is c1ccc2c(c1)Oc1ccccc1N2c1ccc(N2c3ccccc3Oc3ccccc32)c2c1n1ccnc1c1nccn12. The number of benzene rings is 5. The summed E-state index contributed by atoms with van der Waals surface area (Å²) >= 11 is 0. The van der Waals surface area contributed by atoms with Gasteiger partial charge in [-0.25, -0.2) is 9.97 Å². The molecule has 0 bridgehead atoms. The van der Waals surface area contributed by atoms with Crippen LogP contribution >= 0.6 is 0 Å². The fourth-order valence-corrected chi connectivity index (χ4v) is 6.62. The summed E-state index contributed by atoms with van der Waals surface area (Å²) in [7, 11) is 0. The molecular weight excluding hydrogens is 548 g/mol. The summed E-state index contributed by atoms with van der Waals surface area (Å²) in [6, 6.07) is 37.0. The summed E-state index contributed by atoms with van der Waals surface area (Å²) in [4.78, 5) is 14.1. The Morgan fingerprint density at radius 3 is 1.09 bits per heavy atom. The first-order valence-electron chi connectivity index (χ1n) is 14.4. The molecule has 208 valence electrons. The summed E-state index contributed by atoms with van der Waals surface area (Å²) in [5.41, 5.74) is 9.32. The number of imidazole rings is 2. The summed E-state index contributed by atoms with van der Waals surface area (Å²) in [5.74, 6) is 3.19. The molecule has 0 amide bonds. The fraction of sp³-hybridized carbons (Fsp3) is 0. The standard InChI is InChI=1S/C36H22N6O2/c1-5-13-29-23(9-1)41(24-10-2-6-14-30(24)43-29)27-17-18-28(34-33(27)39-21-19-37-35(39)36-38-20-22-40(34)36)42-25-11-3-7-15-31(25)44-32-16-8-4-12-26(32)42/h1-22H. The predicted molar refractivity (Wildman–Crippen MR) is 171 cm³/mol. The van der Waals surface area contributed by atoms with Crippen LogP contribution in [0.15, 0.2) is 134 Å². The van der Waals surface area contributed by atoms with E-state index >= 15 is 0 Å². The molecule has 5 heterocycles. The molecular formula is C36H22N6O2. The quantitative estimate of drug-likeness (QED) is 0.206. The van der Waals surface area contributed by atoms with E-state index in [1.54, 1.807) is 0 Å². The molecule has 0 unspecified atom stereocenters. The molecule has 44 heavy (non-hydrogen) atoms. The Bertz CT molecular complexity index is 2180. The van der Waals surface area contributed by atoms with E-state index in [0.29, 0.717) is 0 Å². The van der Waals surface area contributed by atoms with Crippen molar-refractivity contribution in [3.8, 4) is 23.0 Å². The third kappa shape index (κ3) is 3.06. The number of nitrogens with zero attached hydrogens (tertiary/aromatic N) is 6. The molecule has 8 nitrogen and oxygen atoms in total. The molecule has 0 aliphatic carbocycles. The van der Waals surface area contributed by atoms with Crippen molar-refractivity contribution in [1.29, 1.82) is 0 Å². The van der Waals surface area contributed by atoms with Gasteiger partial charge in [0, 0.05) is 24.8 Å². The normalized spacial score (nSPS) is 13.3. The van der Waals surface area contributed by atoms with Crippen LogP contribution in [0, 0.1) is 0 Å². The lowest BCUT2D eigenvalue weighted by molar-refractivity contribution is 0.476. The minimum atomic E-state index is 0.776. The second-order valence-electron chi connectivity index (χ2n) is 10.8. The van der Waals surface area contributed by atoms with Crippen molar-refractivity contribution >= 4 is 56.5 Å². The highest BCUT2D eigenvalue weighted by atomic mass is 16.5. The van der Waals surface area contributed by atoms with E-state index in [0.717, 1.165) is 79.5 Å². The molecule has 0 fully saturated rings. The van der Waals surface area contributed by atoms with Gasteiger partial charge in [0.15, 0.2) is 34.3 Å². The summed E-state index contributed by atoms with van der Waals surface area (Å²) < 4.78 is 17.0. The van der Waals surface area contributed by atoms with Gasteiger partial charge in [-0.15, -0.1) is 0 Å². The van der Waals surface area contributed by atoms with Gasteiger partial charge in [0.1, 0.15) is 0 Å². The largest absolute Gasteiger partial charge is 0.453 e. The summed E-state index contributed by atoms with van der Waals surface area (Å²) in [6.45, 7) is 0. The van der Waals surface area contributed by atoms with E-state index in [9.17, 15) is 0 Å². The lowest BCUT2D eigenvalue weighted by Crippen LogP contribution is -2.19. The average molecular weight is 571 g/mol. The molecule has 0 N–H and O–H groups in total. The Balaban J connectivity index is 1.36. The van der Waals surface area contributed by atoms with Crippen LogP contribution in [0.4, 0.5) is 34.1 Å². The van der Waals surface area contributed by atoms with Gasteiger partial charge in [0.2, 0.25) is 0 Å². The number of hydrogen-bond acceptors (Lipinski definition) is 6. The molecule has 2 aliphatic rings. The average Bonchev–Trinajstić information content (AvgIpc) is 3.76. The number of para-hydroxylation sites is 8. The van der Waals surface area contributed by atoms with E-state index in [4.69, 9.17) is 19.4 Å². The lowest BCUT2D eigenvalue weighted by atomic mass is 10.1. The zero-order chi connectivity index (χ0) is 28.8. The number of fused-ring (bicyclic) bond motifs is 10. The molecule has 0 saturated heterocycles. The third-order valence-corrected chi connectivity index (χ3v) is 8.42. The highest BCUT2D eigenvalue weighted by Gasteiger charge is 2.32. The van der Waals surface area contributed by atoms with Crippen LogP contribution in [-0.2, 0) is 0 Å². The van der Waals surface area contributed by atoms with Gasteiger partial charge in [0.05, 0.1) is 45.2 Å². The van der Waals surface area contributed by atoms with Gasteiger partial charge in [-0.3, -0.25) is 8.80 Å². The fourth-order valence-electron chi connectivity index (χ4n) is 6.62. The Labute approximate surface area is 251 Å². The van der Waals surface area contributed by atoms with Crippen molar-refractivity contribution in [2.24, 2.45) is 0 Å². The number of rotatable bonds is 2. The van der Waals surface area contributed by atoms with E-state index < -0.39 is 0 Å². The van der Waals surface area contributed by atoms with Gasteiger partial charge in [-0.1, -0.05) is 48.5 Å². The first kappa shape index (κ1) is 23.3. The van der Waals surface area contributed by atoms with Crippen LogP contribution in [0.25, 0.3) is 22.3 Å². The molecule has 10 rings (SSSR count). The third-order valence-electron chi connectivity index (χ3n) is 8.42. The van der Waals surface area contributed by atoms with Crippen molar-refractivity contribution in [2.45, 2.75) is 0 Å². The van der Waals surface area contributed by atoms with Gasteiger partial charge < -0.3 is 19.3 Å². The molecule has 5 aromatic carbocycles. The zero-order valence-electron chi connectivity index (χ0n) is 23.2. The van der Waals surface area contributed by atoms with Crippen LogP contribution in [0.1, 0.15) is 0 Å². The highest BCUT2D eigenvalue weighted by molar-refractivity contribution is 6.08. The molecule has 2 aliphatic heterocycles. The van der Waals surface area contributed by atoms with E-state index in [1.807, 2.05) is 97.6 Å². The summed E-state index contributed by atoms with van der Waals surface area (Å²) in [6.07, 6.45) is 7.69. The highest BCUT2D eigenvalue weighted by Crippen LogP contribution is 2.55. The van der Waals surface area contributed by atoms with Crippen LogP contribution < -0.4 is 19.3 Å². The topological polar surface area (TPSA) is 59.5 Å². The Kier molecular flexibility index (Phi) is 4.57. The summed E-state index contributed by atoms with van der Waals surface area (Å²) in [5, 5.41) is 0. The Morgan fingerprint density at radius 2 is 0.727 bits per heavy atom. The Morgan fingerprint density at radius 1 is 0.386 bits per heavy atom. The van der Waals surface area contributed by atoms with Crippen LogP contribution in [0.3, 0.4) is 0 Å². The van der Waals surface area contributed by atoms with Gasteiger partial charge in [0.25, 0.3) is 0 Å². The molecule has 8 heteroatoms. The van der Waals surface area contributed by atoms with Crippen LogP contribution in [-0.4, -0.2) is 18.8 Å². The molecule has 3 aromatic heterocycles. The molecule has 0 saturated carbocycles.